The number of unbranched alkanes of at least 4 members (excludes halogenated alkanes) is 1. The van der Waals surface area contributed by atoms with E-state index in [2.05, 4.69) is 12.2 Å². The van der Waals surface area contributed by atoms with Crippen LogP contribution in [0.25, 0.3) is 0 Å². The van der Waals surface area contributed by atoms with Gasteiger partial charge in [-0.3, -0.25) is 9.59 Å². The minimum Gasteiger partial charge on any atom is -0.356 e. The van der Waals surface area contributed by atoms with Crippen molar-refractivity contribution < 1.29 is 18.0 Å². The standard InChI is InChI=1S/C24H37N3O4S/c1-4-5-13-25-23(28)21-12-10-19(3)27(17-21)24(29)20-11-9-18(2)22(16-20)32(30,31)26-14-7-6-8-15-26/h9,11,16,19,21H,4-8,10,12-15,17H2,1-3H3,(H,25,28). The average Bonchev–Trinajstić information content (AvgIpc) is 2.79. The molecule has 0 saturated carbocycles. The molecule has 0 radical (unpaired) electrons. The zero-order chi connectivity index (χ0) is 23.3. The average molecular weight is 464 g/mol. The van der Waals surface area contributed by atoms with Crippen molar-refractivity contribution in [2.24, 2.45) is 5.92 Å². The second-order valence-corrected chi connectivity index (χ2v) is 11.1. The number of hydrogen-bond acceptors (Lipinski definition) is 4. The molecule has 178 valence electrons. The maximum atomic E-state index is 13.4. The van der Waals surface area contributed by atoms with E-state index in [-0.39, 0.29) is 28.7 Å². The summed E-state index contributed by atoms with van der Waals surface area (Å²) in [5.41, 5.74) is 1.01. The van der Waals surface area contributed by atoms with Crippen molar-refractivity contribution in [3.63, 3.8) is 0 Å². The molecule has 1 N–H and O–H groups in total. The van der Waals surface area contributed by atoms with Gasteiger partial charge < -0.3 is 10.2 Å². The molecule has 7 nitrogen and oxygen atoms in total. The molecule has 2 fully saturated rings. The molecule has 2 unspecified atom stereocenters. The van der Waals surface area contributed by atoms with Crippen molar-refractivity contribution >= 4 is 21.8 Å². The number of sulfonamides is 1. The molecule has 2 atom stereocenters. The van der Waals surface area contributed by atoms with Crippen LogP contribution in [0.2, 0.25) is 0 Å². The van der Waals surface area contributed by atoms with E-state index < -0.39 is 10.0 Å². The third-order valence-electron chi connectivity index (χ3n) is 6.71. The van der Waals surface area contributed by atoms with E-state index in [9.17, 15) is 18.0 Å². The van der Waals surface area contributed by atoms with E-state index in [0.717, 1.165) is 44.9 Å². The highest BCUT2D eigenvalue weighted by molar-refractivity contribution is 7.89. The Morgan fingerprint density at radius 3 is 2.53 bits per heavy atom. The maximum Gasteiger partial charge on any atom is 0.254 e. The Balaban J connectivity index is 1.79. The lowest BCUT2D eigenvalue weighted by atomic mass is 9.92. The summed E-state index contributed by atoms with van der Waals surface area (Å²) in [7, 11) is -3.63. The van der Waals surface area contributed by atoms with E-state index in [1.165, 1.54) is 10.4 Å². The van der Waals surface area contributed by atoms with Gasteiger partial charge in [0, 0.05) is 37.8 Å². The quantitative estimate of drug-likeness (QED) is 0.629. The summed E-state index contributed by atoms with van der Waals surface area (Å²) in [6.45, 7) is 7.91. The van der Waals surface area contributed by atoms with Crippen LogP contribution in [0.15, 0.2) is 23.1 Å². The number of benzene rings is 1. The van der Waals surface area contributed by atoms with Crippen molar-refractivity contribution in [2.75, 3.05) is 26.2 Å². The Kier molecular flexibility index (Phi) is 8.33. The number of likely N-dealkylation sites (tertiary alicyclic amines) is 1. The third-order valence-corrected chi connectivity index (χ3v) is 8.75. The van der Waals surface area contributed by atoms with Crippen LogP contribution in [-0.4, -0.2) is 61.7 Å². The first-order chi connectivity index (χ1) is 15.3. The first-order valence-corrected chi connectivity index (χ1v) is 13.4. The third kappa shape index (κ3) is 5.52. The van der Waals surface area contributed by atoms with E-state index in [4.69, 9.17) is 0 Å². The van der Waals surface area contributed by atoms with Crippen LogP contribution in [0.5, 0.6) is 0 Å². The van der Waals surface area contributed by atoms with Crippen molar-refractivity contribution in [1.82, 2.24) is 14.5 Å². The lowest BCUT2D eigenvalue weighted by molar-refractivity contribution is -0.126. The zero-order valence-corrected chi connectivity index (χ0v) is 20.4. The minimum absolute atomic E-state index is 0.000390. The molecule has 2 aliphatic rings. The van der Waals surface area contributed by atoms with E-state index >= 15 is 0 Å². The SMILES string of the molecule is CCCCNC(=O)C1CCC(C)N(C(=O)c2ccc(C)c(S(=O)(=O)N3CCCCC3)c2)C1. The number of nitrogens with zero attached hydrogens (tertiary/aromatic N) is 2. The molecular weight excluding hydrogens is 426 g/mol. The number of rotatable bonds is 7. The summed E-state index contributed by atoms with van der Waals surface area (Å²) in [5, 5.41) is 2.98. The number of nitrogens with one attached hydrogen (secondary N) is 1. The van der Waals surface area contributed by atoms with Gasteiger partial charge in [-0.25, -0.2) is 8.42 Å². The zero-order valence-electron chi connectivity index (χ0n) is 19.6. The molecule has 0 aromatic heterocycles. The normalized spacial score (nSPS) is 22.5. The molecule has 8 heteroatoms. The summed E-state index contributed by atoms with van der Waals surface area (Å²) in [4.78, 5) is 27.9. The fraction of sp³-hybridized carbons (Fsp3) is 0.667. The molecule has 2 saturated heterocycles. The highest BCUT2D eigenvalue weighted by Gasteiger charge is 2.34. The van der Waals surface area contributed by atoms with E-state index in [0.29, 0.717) is 37.3 Å². The smallest absolute Gasteiger partial charge is 0.254 e. The molecule has 2 heterocycles. The van der Waals surface area contributed by atoms with Crippen LogP contribution < -0.4 is 5.32 Å². The first-order valence-electron chi connectivity index (χ1n) is 11.9. The van der Waals surface area contributed by atoms with Gasteiger partial charge in [-0.2, -0.15) is 4.31 Å². The predicted molar refractivity (Wildman–Crippen MR) is 125 cm³/mol. The van der Waals surface area contributed by atoms with Gasteiger partial charge >= 0.3 is 0 Å². The highest BCUT2D eigenvalue weighted by atomic mass is 32.2. The summed E-state index contributed by atoms with van der Waals surface area (Å²) in [6, 6.07) is 4.95. The maximum absolute atomic E-state index is 13.4. The molecule has 1 aromatic rings. The first kappa shape index (κ1) is 24.7. The van der Waals surface area contributed by atoms with Gasteiger partial charge in [0.15, 0.2) is 0 Å². The topological polar surface area (TPSA) is 86.8 Å². The number of carbonyl (C=O) groups is 2. The van der Waals surface area contributed by atoms with Gasteiger partial charge in [0.1, 0.15) is 0 Å². The van der Waals surface area contributed by atoms with Crippen molar-refractivity contribution in [1.29, 1.82) is 0 Å². The van der Waals surface area contributed by atoms with E-state index in [1.54, 1.807) is 24.0 Å². The Morgan fingerprint density at radius 2 is 1.84 bits per heavy atom. The van der Waals surface area contributed by atoms with Crippen molar-refractivity contribution in [3.8, 4) is 0 Å². The fourth-order valence-electron chi connectivity index (χ4n) is 4.56. The highest BCUT2D eigenvalue weighted by Crippen LogP contribution is 2.27. The van der Waals surface area contributed by atoms with Crippen LogP contribution >= 0.6 is 0 Å². The monoisotopic (exact) mass is 463 g/mol. The predicted octanol–water partition coefficient (Wildman–Crippen LogP) is 3.33. The van der Waals surface area contributed by atoms with Crippen LogP contribution in [0.1, 0.15) is 74.7 Å². The van der Waals surface area contributed by atoms with Gasteiger partial charge in [0.05, 0.1) is 10.8 Å². The van der Waals surface area contributed by atoms with Crippen LogP contribution in [0.4, 0.5) is 0 Å². The number of amides is 2. The molecular formula is C24H37N3O4S. The number of hydrogen-bond donors (Lipinski definition) is 1. The van der Waals surface area contributed by atoms with Crippen molar-refractivity contribution in [2.45, 2.75) is 76.7 Å². The van der Waals surface area contributed by atoms with Gasteiger partial charge in [-0.1, -0.05) is 25.8 Å². The summed E-state index contributed by atoms with van der Waals surface area (Å²) in [6.07, 6.45) is 6.24. The van der Waals surface area contributed by atoms with Crippen LogP contribution in [0, 0.1) is 12.8 Å². The summed E-state index contributed by atoms with van der Waals surface area (Å²) in [5.74, 6) is -0.437. The number of aryl methyl sites for hydroxylation is 1. The Labute approximate surface area is 192 Å². The molecule has 1 aromatic carbocycles. The Morgan fingerprint density at radius 1 is 1.12 bits per heavy atom. The number of piperidine rings is 2. The molecule has 2 amide bonds. The van der Waals surface area contributed by atoms with Gasteiger partial charge in [0.2, 0.25) is 15.9 Å². The van der Waals surface area contributed by atoms with Gasteiger partial charge in [-0.15, -0.1) is 0 Å². The second-order valence-electron chi connectivity index (χ2n) is 9.17. The number of carbonyl (C=O) groups excluding carboxylic acids is 2. The lowest BCUT2D eigenvalue weighted by Crippen LogP contribution is -2.49. The Hall–Kier alpha value is -1.93. The second kappa shape index (κ2) is 10.8. The molecule has 0 aliphatic carbocycles. The lowest BCUT2D eigenvalue weighted by Gasteiger charge is -2.37. The summed E-state index contributed by atoms with van der Waals surface area (Å²) < 4.78 is 28.0. The van der Waals surface area contributed by atoms with Crippen LogP contribution in [-0.2, 0) is 14.8 Å². The Bertz CT molecular complexity index is 925. The van der Waals surface area contributed by atoms with Crippen LogP contribution in [0.3, 0.4) is 0 Å². The van der Waals surface area contributed by atoms with Crippen molar-refractivity contribution in [3.05, 3.63) is 29.3 Å². The molecule has 3 rings (SSSR count). The molecule has 2 aliphatic heterocycles. The fourth-order valence-corrected chi connectivity index (χ4v) is 6.33. The van der Waals surface area contributed by atoms with E-state index in [1.807, 2.05) is 6.92 Å². The molecule has 32 heavy (non-hydrogen) atoms. The van der Waals surface area contributed by atoms with Gasteiger partial charge in [0.25, 0.3) is 5.91 Å². The summed E-state index contributed by atoms with van der Waals surface area (Å²) >= 11 is 0. The molecule has 0 spiro atoms. The van der Waals surface area contributed by atoms with Gasteiger partial charge in [-0.05, 0) is 63.6 Å². The minimum atomic E-state index is -3.63. The largest absolute Gasteiger partial charge is 0.356 e. The molecule has 0 bridgehead atoms.